The van der Waals surface area contributed by atoms with Gasteiger partial charge < -0.3 is 19.9 Å². The molecule has 2 rings (SSSR count). The lowest BCUT2D eigenvalue weighted by atomic mass is 9.95. The van der Waals surface area contributed by atoms with Gasteiger partial charge >= 0.3 is 0 Å². The number of nitrogens with zero attached hydrogens (tertiary/aromatic N) is 1. The van der Waals surface area contributed by atoms with Gasteiger partial charge in [-0.1, -0.05) is 0 Å². The van der Waals surface area contributed by atoms with E-state index in [1.54, 1.807) is 0 Å². The Bertz CT molecular complexity index is 228. The van der Waals surface area contributed by atoms with Crippen LogP contribution in [0.25, 0.3) is 0 Å². The van der Waals surface area contributed by atoms with Crippen LogP contribution < -0.4 is 5.32 Å². The van der Waals surface area contributed by atoms with Gasteiger partial charge in [-0.25, -0.2) is 0 Å². The van der Waals surface area contributed by atoms with Crippen LogP contribution in [-0.4, -0.2) is 75.3 Å². The third-order valence-electron chi connectivity index (χ3n) is 3.76. The van der Waals surface area contributed by atoms with E-state index in [9.17, 15) is 0 Å². The molecule has 0 aliphatic carbocycles. The van der Waals surface area contributed by atoms with Crippen molar-refractivity contribution in [1.29, 1.82) is 0 Å². The van der Waals surface area contributed by atoms with E-state index in [0.717, 1.165) is 45.9 Å². The number of rotatable bonds is 4. The zero-order valence-electron chi connectivity index (χ0n) is 10.6. The second kappa shape index (κ2) is 6.66. The number of hydrogen-bond donors (Lipinski definition) is 2. The zero-order valence-corrected chi connectivity index (χ0v) is 10.6. The van der Waals surface area contributed by atoms with Crippen molar-refractivity contribution in [2.75, 3.05) is 53.1 Å². The van der Waals surface area contributed by atoms with E-state index in [-0.39, 0.29) is 12.7 Å². The van der Waals surface area contributed by atoms with Crippen molar-refractivity contribution >= 4 is 0 Å². The molecule has 2 aliphatic rings. The van der Waals surface area contributed by atoms with Gasteiger partial charge in [0, 0.05) is 38.2 Å². The van der Waals surface area contributed by atoms with Crippen LogP contribution in [0, 0.1) is 5.92 Å². The molecule has 2 saturated heterocycles. The van der Waals surface area contributed by atoms with Gasteiger partial charge in [0.05, 0.1) is 25.9 Å². The average Bonchev–Trinajstić information content (AvgIpc) is 2.39. The molecular weight excluding hydrogens is 220 g/mol. The minimum absolute atomic E-state index is 0.0127. The number of ether oxygens (including phenoxy) is 2. The van der Waals surface area contributed by atoms with Crippen LogP contribution in [0.15, 0.2) is 0 Å². The largest absolute Gasteiger partial charge is 0.394 e. The van der Waals surface area contributed by atoms with Gasteiger partial charge in [-0.05, 0) is 13.5 Å². The van der Waals surface area contributed by atoms with Crippen molar-refractivity contribution in [2.24, 2.45) is 5.92 Å². The van der Waals surface area contributed by atoms with E-state index in [0.29, 0.717) is 12.0 Å². The summed E-state index contributed by atoms with van der Waals surface area (Å²) in [4.78, 5) is 2.38. The number of aliphatic hydroxyl groups excluding tert-OH is 1. The summed E-state index contributed by atoms with van der Waals surface area (Å²) in [6.07, 6.45) is 1.08. The molecule has 5 heteroatoms. The van der Waals surface area contributed by atoms with E-state index in [4.69, 9.17) is 14.6 Å². The summed E-state index contributed by atoms with van der Waals surface area (Å²) in [5.41, 5.74) is 0. The molecule has 0 aromatic rings. The molecule has 0 bridgehead atoms. The maximum atomic E-state index is 9.12. The van der Waals surface area contributed by atoms with E-state index < -0.39 is 0 Å². The molecule has 2 aliphatic heterocycles. The first kappa shape index (κ1) is 13.2. The maximum Gasteiger partial charge on any atom is 0.0932 e. The first-order valence-corrected chi connectivity index (χ1v) is 6.53. The Morgan fingerprint density at radius 3 is 3.06 bits per heavy atom. The van der Waals surface area contributed by atoms with E-state index in [1.165, 1.54) is 0 Å². The van der Waals surface area contributed by atoms with E-state index in [1.807, 2.05) is 7.05 Å². The second-order valence-corrected chi connectivity index (χ2v) is 4.95. The minimum Gasteiger partial charge on any atom is -0.394 e. The third-order valence-corrected chi connectivity index (χ3v) is 3.76. The monoisotopic (exact) mass is 244 g/mol. The van der Waals surface area contributed by atoms with Gasteiger partial charge in [0.2, 0.25) is 0 Å². The van der Waals surface area contributed by atoms with Crippen LogP contribution in [0.1, 0.15) is 6.42 Å². The molecule has 0 aromatic heterocycles. The number of hydrogen-bond acceptors (Lipinski definition) is 5. The molecule has 0 spiro atoms. The molecule has 2 heterocycles. The molecule has 2 N–H and O–H groups in total. The lowest BCUT2D eigenvalue weighted by Crippen LogP contribution is -2.51. The van der Waals surface area contributed by atoms with Crippen molar-refractivity contribution in [3.63, 3.8) is 0 Å². The lowest BCUT2D eigenvalue weighted by Gasteiger charge is -2.38. The summed E-state index contributed by atoms with van der Waals surface area (Å²) >= 11 is 0. The van der Waals surface area contributed by atoms with Crippen LogP contribution in [0.5, 0.6) is 0 Å². The topological polar surface area (TPSA) is 54.0 Å². The van der Waals surface area contributed by atoms with Crippen LogP contribution >= 0.6 is 0 Å². The normalized spacial score (nSPS) is 36.0. The summed E-state index contributed by atoms with van der Waals surface area (Å²) < 4.78 is 11.0. The third kappa shape index (κ3) is 3.63. The minimum atomic E-state index is -0.0127. The molecule has 0 amide bonds. The van der Waals surface area contributed by atoms with Crippen molar-refractivity contribution in [2.45, 2.75) is 18.6 Å². The van der Waals surface area contributed by atoms with E-state index >= 15 is 0 Å². The van der Waals surface area contributed by atoms with Gasteiger partial charge in [0.1, 0.15) is 0 Å². The quantitative estimate of drug-likeness (QED) is 0.685. The zero-order chi connectivity index (χ0) is 12.1. The molecule has 0 radical (unpaired) electrons. The standard InChI is InChI=1S/C12H24N2O3/c1-13-12-2-4-16-9-10(12)6-14-3-5-17-11(7-14)8-15/h10-13,15H,2-9H2,1H3. The fourth-order valence-corrected chi connectivity index (χ4v) is 2.75. The molecule has 17 heavy (non-hydrogen) atoms. The predicted molar refractivity (Wildman–Crippen MR) is 65.0 cm³/mol. The average molecular weight is 244 g/mol. The highest BCUT2D eigenvalue weighted by Gasteiger charge is 2.28. The Morgan fingerprint density at radius 2 is 2.29 bits per heavy atom. The summed E-state index contributed by atoms with van der Waals surface area (Å²) in [5.74, 6) is 0.547. The molecule has 3 unspecified atom stereocenters. The number of aliphatic hydroxyl groups is 1. The Kier molecular flexibility index (Phi) is 5.18. The van der Waals surface area contributed by atoms with Gasteiger partial charge in [-0.15, -0.1) is 0 Å². The van der Waals surface area contributed by atoms with E-state index in [2.05, 4.69) is 10.2 Å². The Labute approximate surface area is 103 Å². The van der Waals surface area contributed by atoms with Crippen molar-refractivity contribution in [1.82, 2.24) is 10.2 Å². The van der Waals surface area contributed by atoms with Gasteiger partial charge in [-0.3, -0.25) is 4.90 Å². The molecule has 3 atom stereocenters. The molecule has 0 aromatic carbocycles. The number of morpholine rings is 1. The smallest absolute Gasteiger partial charge is 0.0932 e. The van der Waals surface area contributed by atoms with Crippen LogP contribution in [-0.2, 0) is 9.47 Å². The van der Waals surface area contributed by atoms with Gasteiger partial charge in [-0.2, -0.15) is 0 Å². The molecule has 2 fully saturated rings. The molecule has 100 valence electrons. The van der Waals surface area contributed by atoms with Gasteiger partial charge in [0.25, 0.3) is 0 Å². The van der Waals surface area contributed by atoms with Crippen molar-refractivity contribution < 1.29 is 14.6 Å². The highest BCUT2D eigenvalue weighted by molar-refractivity contribution is 4.82. The summed E-state index contributed by atoms with van der Waals surface area (Å²) in [6, 6.07) is 0.555. The maximum absolute atomic E-state index is 9.12. The van der Waals surface area contributed by atoms with Gasteiger partial charge in [0.15, 0.2) is 0 Å². The molecular formula is C12H24N2O3. The Hall–Kier alpha value is -0.200. The van der Waals surface area contributed by atoms with Crippen LogP contribution in [0.2, 0.25) is 0 Å². The van der Waals surface area contributed by atoms with Crippen LogP contribution in [0.4, 0.5) is 0 Å². The molecule has 5 nitrogen and oxygen atoms in total. The highest BCUT2D eigenvalue weighted by atomic mass is 16.5. The van der Waals surface area contributed by atoms with Crippen molar-refractivity contribution in [3.05, 3.63) is 0 Å². The Balaban J connectivity index is 1.81. The fraction of sp³-hybridized carbons (Fsp3) is 1.00. The SMILES string of the molecule is CNC1CCOCC1CN1CCOC(CO)C1. The first-order valence-electron chi connectivity index (χ1n) is 6.53. The number of nitrogens with one attached hydrogen (secondary N) is 1. The Morgan fingerprint density at radius 1 is 1.41 bits per heavy atom. The molecule has 0 saturated carbocycles. The first-order chi connectivity index (χ1) is 8.33. The summed E-state index contributed by atoms with van der Waals surface area (Å²) in [6.45, 7) is 5.38. The fourth-order valence-electron chi connectivity index (χ4n) is 2.75. The summed E-state index contributed by atoms with van der Waals surface area (Å²) in [5, 5.41) is 12.5. The highest BCUT2D eigenvalue weighted by Crippen LogP contribution is 2.17. The predicted octanol–water partition coefficient (Wildman–Crippen LogP) is -0.696. The lowest BCUT2D eigenvalue weighted by molar-refractivity contribution is -0.0654. The second-order valence-electron chi connectivity index (χ2n) is 4.95. The van der Waals surface area contributed by atoms with Crippen LogP contribution in [0.3, 0.4) is 0 Å². The summed E-state index contributed by atoms with van der Waals surface area (Å²) in [7, 11) is 2.03. The van der Waals surface area contributed by atoms with Crippen molar-refractivity contribution in [3.8, 4) is 0 Å².